The molecule has 2 aromatic rings. The first-order chi connectivity index (χ1) is 10.3. The average Bonchev–Trinajstić information content (AvgIpc) is 2.74. The van der Waals surface area contributed by atoms with E-state index in [1.165, 1.54) is 5.56 Å². The molecule has 0 aliphatic heterocycles. The van der Waals surface area contributed by atoms with E-state index < -0.39 is 5.97 Å². The standard InChI is InChI=1S/C17H18BrNO2S/c1-4-19-14(9-16(20)21)13(18)8-15(19)17(22)12-6-5-10(2)7-11(12)3/h5-8H,4,9H2,1-3H3,(H,20,21). The van der Waals surface area contributed by atoms with Gasteiger partial charge in [-0.1, -0.05) is 36.0 Å². The van der Waals surface area contributed by atoms with Gasteiger partial charge in [0.15, 0.2) is 0 Å². The second kappa shape index (κ2) is 6.75. The van der Waals surface area contributed by atoms with Crippen molar-refractivity contribution in [2.45, 2.75) is 33.7 Å². The van der Waals surface area contributed by atoms with E-state index in [-0.39, 0.29) is 6.42 Å². The third-order valence-electron chi connectivity index (χ3n) is 3.65. The van der Waals surface area contributed by atoms with Crippen LogP contribution in [-0.4, -0.2) is 20.5 Å². The number of benzene rings is 1. The van der Waals surface area contributed by atoms with Crippen molar-refractivity contribution in [1.29, 1.82) is 0 Å². The number of rotatable bonds is 5. The van der Waals surface area contributed by atoms with E-state index in [2.05, 4.69) is 28.9 Å². The van der Waals surface area contributed by atoms with Crippen LogP contribution in [0.25, 0.3) is 0 Å². The number of carboxylic acid groups (broad SMARTS) is 1. The highest BCUT2D eigenvalue weighted by atomic mass is 79.9. The molecule has 1 heterocycles. The minimum absolute atomic E-state index is 0.0239. The molecule has 116 valence electrons. The number of halogens is 1. The molecule has 0 aliphatic carbocycles. The SMILES string of the molecule is CCn1c(C(=S)c2ccc(C)cc2C)cc(Br)c1CC(=O)O. The predicted octanol–water partition coefficient (Wildman–Crippen LogP) is 4.28. The predicted molar refractivity (Wildman–Crippen MR) is 95.9 cm³/mol. The number of carbonyl (C=O) groups is 1. The van der Waals surface area contributed by atoms with Crippen LogP contribution in [0.4, 0.5) is 0 Å². The van der Waals surface area contributed by atoms with E-state index in [0.29, 0.717) is 6.54 Å². The first kappa shape index (κ1) is 16.9. The van der Waals surface area contributed by atoms with Crippen LogP contribution in [0.5, 0.6) is 0 Å². The number of hydrogen-bond acceptors (Lipinski definition) is 2. The summed E-state index contributed by atoms with van der Waals surface area (Å²) in [5.41, 5.74) is 4.97. The van der Waals surface area contributed by atoms with E-state index in [1.54, 1.807) is 0 Å². The largest absolute Gasteiger partial charge is 0.481 e. The van der Waals surface area contributed by atoms with Crippen molar-refractivity contribution in [3.63, 3.8) is 0 Å². The van der Waals surface area contributed by atoms with Crippen LogP contribution in [0.15, 0.2) is 28.7 Å². The fourth-order valence-electron chi connectivity index (χ4n) is 2.63. The molecule has 0 saturated heterocycles. The molecule has 1 N–H and O–H groups in total. The smallest absolute Gasteiger partial charge is 0.309 e. The van der Waals surface area contributed by atoms with Crippen LogP contribution in [0.2, 0.25) is 0 Å². The lowest BCUT2D eigenvalue weighted by molar-refractivity contribution is -0.136. The van der Waals surface area contributed by atoms with E-state index in [9.17, 15) is 4.79 Å². The lowest BCUT2D eigenvalue weighted by Gasteiger charge is -2.13. The summed E-state index contributed by atoms with van der Waals surface area (Å²) in [6.07, 6.45) is -0.0239. The molecule has 1 aromatic heterocycles. The summed E-state index contributed by atoms with van der Waals surface area (Å²) >= 11 is 9.13. The summed E-state index contributed by atoms with van der Waals surface area (Å²) in [5, 5.41) is 9.08. The van der Waals surface area contributed by atoms with Crippen molar-refractivity contribution in [2.24, 2.45) is 0 Å². The Morgan fingerprint density at radius 1 is 1.32 bits per heavy atom. The summed E-state index contributed by atoms with van der Waals surface area (Å²) in [7, 11) is 0. The number of nitrogens with zero attached hydrogens (tertiary/aromatic N) is 1. The van der Waals surface area contributed by atoms with Crippen molar-refractivity contribution < 1.29 is 9.90 Å². The highest BCUT2D eigenvalue weighted by Gasteiger charge is 2.19. The zero-order valence-electron chi connectivity index (χ0n) is 12.8. The molecule has 0 atom stereocenters. The summed E-state index contributed by atoms with van der Waals surface area (Å²) in [5.74, 6) is -0.850. The number of aliphatic carboxylic acids is 1. The summed E-state index contributed by atoms with van der Waals surface area (Å²) in [6, 6.07) is 8.10. The number of carboxylic acids is 1. The van der Waals surface area contributed by atoms with Gasteiger partial charge in [-0.15, -0.1) is 0 Å². The Bertz CT molecular complexity index is 749. The Morgan fingerprint density at radius 2 is 2.00 bits per heavy atom. The van der Waals surface area contributed by atoms with Crippen molar-refractivity contribution in [3.8, 4) is 0 Å². The van der Waals surface area contributed by atoms with Crippen LogP contribution in [0, 0.1) is 13.8 Å². The molecule has 0 radical (unpaired) electrons. The maximum Gasteiger partial charge on any atom is 0.309 e. The van der Waals surface area contributed by atoms with Gasteiger partial charge in [0.1, 0.15) is 0 Å². The molecule has 0 fully saturated rings. The number of aromatic nitrogens is 1. The molecule has 0 unspecified atom stereocenters. The lowest BCUT2D eigenvalue weighted by Crippen LogP contribution is -2.14. The van der Waals surface area contributed by atoms with E-state index >= 15 is 0 Å². The van der Waals surface area contributed by atoms with Gasteiger partial charge in [0.05, 0.1) is 17.0 Å². The first-order valence-corrected chi connectivity index (χ1v) is 8.27. The number of hydrogen-bond donors (Lipinski definition) is 1. The van der Waals surface area contributed by atoms with Crippen LogP contribution >= 0.6 is 28.1 Å². The van der Waals surface area contributed by atoms with Crippen molar-refractivity contribution in [1.82, 2.24) is 4.57 Å². The fraction of sp³-hybridized carbons (Fsp3) is 0.294. The van der Waals surface area contributed by atoms with Gasteiger partial charge in [0.2, 0.25) is 0 Å². The fourth-order valence-corrected chi connectivity index (χ4v) is 3.60. The van der Waals surface area contributed by atoms with Crippen LogP contribution < -0.4 is 0 Å². The molecule has 2 rings (SSSR count). The molecule has 0 spiro atoms. The average molecular weight is 380 g/mol. The Morgan fingerprint density at radius 3 is 2.55 bits per heavy atom. The van der Waals surface area contributed by atoms with Crippen LogP contribution in [0.1, 0.15) is 35.0 Å². The normalized spacial score (nSPS) is 10.7. The van der Waals surface area contributed by atoms with Gasteiger partial charge in [-0.2, -0.15) is 0 Å². The monoisotopic (exact) mass is 379 g/mol. The van der Waals surface area contributed by atoms with Gasteiger partial charge in [0, 0.05) is 16.7 Å². The maximum absolute atomic E-state index is 11.1. The molecule has 0 amide bonds. The number of aryl methyl sites for hydroxylation is 2. The molecule has 22 heavy (non-hydrogen) atoms. The maximum atomic E-state index is 11.1. The molecule has 0 saturated carbocycles. The first-order valence-electron chi connectivity index (χ1n) is 7.06. The van der Waals surface area contributed by atoms with E-state index in [1.807, 2.05) is 36.6 Å². The number of thiocarbonyl (C=S) groups is 1. The molecular formula is C17H18BrNO2S. The zero-order valence-corrected chi connectivity index (χ0v) is 15.2. The molecule has 1 aromatic carbocycles. The molecule has 3 nitrogen and oxygen atoms in total. The third kappa shape index (κ3) is 3.31. The highest BCUT2D eigenvalue weighted by Crippen LogP contribution is 2.26. The lowest BCUT2D eigenvalue weighted by atomic mass is 10.0. The van der Waals surface area contributed by atoms with Gasteiger partial charge in [-0.25, -0.2) is 0 Å². The van der Waals surface area contributed by atoms with E-state index in [0.717, 1.165) is 31.9 Å². The molecule has 0 aliphatic rings. The Hall–Kier alpha value is -1.46. The van der Waals surface area contributed by atoms with Gasteiger partial charge < -0.3 is 9.67 Å². The molecular weight excluding hydrogens is 362 g/mol. The van der Waals surface area contributed by atoms with E-state index in [4.69, 9.17) is 17.3 Å². The minimum atomic E-state index is -0.850. The van der Waals surface area contributed by atoms with Crippen molar-refractivity contribution in [3.05, 3.63) is 56.8 Å². The third-order valence-corrected chi connectivity index (χ3v) is 4.77. The Kier molecular flexibility index (Phi) is 5.19. The summed E-state index contributed by atoms with van der Waals surface area (Å²) in [4.78, 5) is 11.8. The second-order valence-corrected chi connectivity index (χ2v) is 6.55. The zero-order chi connectivity index (χ0) is 16.4. The Labute approximate surface area is 144 Å². The van der Waals surface area contributed by atoms with Crippen LogP contribution in [-0.2, 0) is 17.8 Å². The van der Waals surface area contributed by atoms with Crippen molar-refractivity contribution >= 4 is 39.0 Å². The Balaban J connectivity index is 2.52. The minimum Gasteiger partial charge on any atom is -0.481 e. The quantitative estimate of drug-likeness (QED) is 0.622. The highest BCUT2D eigenvalue weighted by molar-refractivity contribution is 9.10. The second-order valence-electron chi connectivity index (χ2n) is 5.29. The van der Waals surface area contributed by atoms with Gasteiger partial charge in [-0.05, 0) is 53.9 Å². The van der Waals surface area contributed by atoms with Gasteiger partial charge >= 0.3 is 5.97 Å². The van der Waals surface area contributed by atoms with Gasteiger partial charge in [0.25, 0.3) is 0 Å². The van der Waals surface area contributed by atoms with Crippen molar-refractivity contribution in [2.75, 3.05) is 0 Å². The topological polar surface area (TPSA) is 42.2 Å². The molecule has 5 heteroatoms. The van der Waals surface area contributed by atoms with Crippen LogP contribution in [0.3, 0.4) is 0 Å². The summed E-state index contributed by atoms with van der Waals surface area (Å²) < 4.78 is 2.76. The molecule has 0 bridgehead atoms. The van der Waals surface area contributed by atoms with Gasteiger partial charge in [-0.3, -0.25) is 4.79 Å². The summed E-state index contributed by atoms with van der Waals surface area (Å²) in [6.45, 7) is 6.76.